The molecule has 6 heteroatoms. The number of anilines is 1. The third-order valence-electron chi connectivity index (χ3n) is 5.09. The predicted molar refractivity (Wildman–Crippen MR) is 114 cm³/mol. The number of carbonyl (C=O) groups is 1. The molecule has 1 aliphatic heterocycles. The van der Waals surface area contributed by atoms with Crippen molar-refractivity contribution in [3.05, 3.63) is 54.1 Å². The molecule has 0 unspecified atom stereocenters. The van der Waals surface area contributed by atoms with Gasteiger partial charge >= 0.3 is 0 Å². The molecule has 0 aliphatic carbocycles. The van der Waals surface area contributed by atoms with Gasteiger partial charge in [-0.15, -0.1) is 0 Å². The summed E-state index contributed by atoms with van der Waals surface area (Å²) in [7, 11) is 0. The first kappa shape index (κ1) is 18.9. The minimum atomic E-state index is -0.203. The zero-order valence-corrected chi connectivity index (χ0v) is 16.9. The minimum absolute atomic E-state index is 0.0292. The average Bonchev–Trinajstić information content (AvgIpc) is 3.10. The van der Waals surface area contributed by atoms with E-state index in [1.54, 1.807) is 0 Å². The number of hydrogen-bond acceptors (Lipinski definition) is 5. The zero-order valence-electron chi connectivity index (χ0n) is 16.1. The van der Waals surface area contributed by atoms with E-state index in [0.717, 1.165) is 22.7 Å². The van der Waals surface area contributed by atoms with Crippen LogP contribution in [0.5, 0.6) is 5.75 Å². The van der Waals surface area contributed by atoms with Crippen LogP contribution in [0.3, 0.4) is 0 Å². The number of nitrogens with zero attached hydrogens (tertiary/aromatic N) is 2. The number of carbonyl (C=O) groups excluding carboxylic acids is 1. The van der Waals surface area contributed by atoms with Crippen LogP contribution in [0.4, 0.5) is 5.13 Å². The number of fused-ring (bicyclic) bond motifs is 1. The van der Waals surface area contributed by atoms with E-state index < -0.39 is 0 Å². The van der Waals surface area contributed by atoms with Crippen molar-refractivity contribution in [1.82, 2.24) is 9.88 Å². The van der Waals surface area contributed by atoms with Gasteiger partial charge in [0.1, 0.15) is 5.75 Å². The summed E-state index contributed by atoms with van der Waals surface area (Å²) < 4.78 is 6.58. The van der Waals surface area contributed by atoms with Gasteiger partial charge in [-0.2, -0.15) is 0 Å². The van der Waals surface area contributed by atoms with E-state index in [1.807, 2.05) is 36.4 Å². The highest BCUT2D eigenvalue weighted by atomic mass is 32.1. The molecule has 1 fully saturated rings. The second-order valence-corrected chi connectivity index (χ2v) is 8.46. The summed E-state index contributed by atoms with van der Waals surface area (Å²) in [5, 5.41) is 3.45. The quantitative estimate of drug-likeness (QED) is 0.665. The number of thiazole rings is 1. The Morgan fingerprint density at radius 3 is 2.79 bits per heavy atom. The molecule has 0 atom stereocenters. The monoisotopic (exact) mass is 395 g/mol. The molecule has 2 heterocycles. The van der Waals surface area contributed by atoms with Gasteiger partial charge in [0.05, 0.1) is 10.2 Å². The van der Waals surface area contributed by atoms with Gasteiger partial charge in [-0.1, -0.05) is 42.5 Å². The SMILES string of the molecule is CC1CCN(Cc2ccc3nc(NC(=O)COc4ccccc4)sc3c2)CC1. The van der Waals surface area contributed by atoms with E-state index >= 15 is 0 Å². The van der Waals surface area contributed by atoms with Crippen molar-refractivity contribution in [2.75, 3.05) is 25.0 Å². The maximum absolute atomic E-state index is 12.1. The molecule has 1 aromatic heterocycles. The van der Waals surface area contributed by atoms with Gasteiger partial charge in [0.2, 0.25) is 0 Å². The Hall–Kier alpha value is -2.44. The molecule has 1 aliphatic rings. The molecule has 0 bridgehead atoms. The number of likely N-dealkylation sites (tertiary alicyclic amines) is 1. The lowest BCUT2D eigenvalue weighted by Gasteiger charge is -2.30. The predicted octanol–water partition coefficient (Wildman–Crippen LogP) is 4.55. The smallest absolute Gasteiger partial charge is 0.264 e. The lowest BCUT2D eigenvalue weighted by molar-refractivity contribution is -0.118. The highest BCUT2D eigenvalue weighted by Gasteiger charge is 2.16. The van der Waals surface area contributed by atoms with E-state index in [2.05, 4.69) is 34.3 Å². The van der Waals surface area contributed by atoms with Crippen LogP contribution in [0.15, 0.2) is 48.5 Å². The molecule has 0 saturated carbocycles. The van der Waals surface area contributed by atoms with Crippen molar-refractivity contribution in [2.24, 2.45) is 5.92 Å². The largest absolute Gasteiger partial charge is 0.484 e. The van der Waals surface area contributed by atoms with Gasteiger partial charge in [0.15, 0.2) is 11.7 Å². The first-order valence-electron chi connectivity index (χ1n) is 9.75. The molecule has 146 valence electrons. The Balaban J connectivity index is 1.35. The molecule has 1 amide bonds. The van der Waals surface area contributed by atoms with Crippen molar-refractivity contribution in [3.8, 4) is 5.75 Å². The number of aromatic nitrogens is 1. The van der Waals surface area contributed by atoms with E-state index in [0.29, 0.717) is 10.9 Å². The molecule has 3 aromatic rings. The van der Waals surface area contributed by atoms with Crippen LogP contribution in [0.2, 0.25) is 0 Å². The summed E-state index contributed by atoms with van der Waals surface area (Å²) >= 11 is 1.51. The van der Waals surface area contributed by atoms with Gasteiger partial charge in [-0.05, 0) is 61.7 Å². The number of hydrogen-bond donors (Lipinski definition) is 1. The van der Waals surface area contributed by atoms with Crippen molar-refractivity contribution in [3.63, 3.8) is 0 Å². The fraction of sp³-hybridized carbons (Fsp3) is 0.364. The third kappa shape index (κ3) is 4.88. The van der Waals surface area contributed by atoms with Crippen LogP contribution in [-0.2, 0) is 11.3 Å². The molecule has 28 heavy (non-hydrogen) atoms. The van der Waals surface area contributed by atoms with Crippen LogP contribution in [-0.4, -0.2) is 35.5 Å². The number of piperidine rings is 1. The van der Waals surface area contributed by atoms with Crippen LogP contribution in [0.1, 0.15) is 25.3 Å². The first-order valence-corrected chi connectivity index (χ1v) is 10.6. The van der Waals surface area contributed by atoms with Gasteiger partial charge < -0.3 is 4.74 Å². The Labute approximate surface area is 169 Å². The molecule has 1 saturated heterocycles. The van der Waals surface area contributed by atoms with Crippen LogP contribution in [0.25, 0.3) is 10.2 Å². The number of benzene rings is 2. The normalized spacial score (nSPS) is 15.6. The maximum Gasteiger partial charge on any atom is 0.264 e. The summed E-state index contributed by atoms with van der Waals surface area (Å²) in [6.45, 7) is 5.63. The second kappa shape index (κ2) is 8.71. The fourth-order valence-corrected chi connectivity index (χ4v) is 4.37. The molecular weight excluding hydrogens is 370 g/mol. The summed E-state index contributed by atoms with van der Waals surface area (Å²) in [4.78, 5) is 19.2. The van der Waals surface area contributed by atoms with Gasteiger partial charge in [-0.25, -0.2) is 4.98 Å². The number of para-hydroxylation sites is 1. The summed E-state index contributed by atoms with van der Waals surface area (Å²) in [6.07, 6.45) is 2.56. The van der Waals surface area contributed by atoms with E-state index in [1.165, 1.54) is 42.8 Å². The van der Waals surface area contributed by atoms with Crippen molar-refractivity contribution in [1.29, 1.82) is 0 Å². The van der Waals surface area contributed by atoms with Crippen LogP contribution < -0.4 is 10.1 Å². The van der Waals surface area contributed by atoms with Crippen LogP contribution in [0, 0.1) is 5.92 Å². The third-order valence-corrected chi connectivity index (χ3v) is 6.03. The summed E-state index contributed by atoms with van der Waals surface area (Å²) in [6, 6.07) is 15.7. The summed E-state index contributed by atoms with van der Waals surface area (Å²) in [5.74, 6) is 1.32. The lowest BCUT2D eigenvalue weighted by Crippen LogP contribution is -2.32. The standard InChI is InChI=1S/C22H25N3O2S/c1-16-9-11-25(12-10-16)14-17-7-8-19-20(13-17)28-22(23-19)24-21(26)15-27-18-5-3-2-4-6-18/h2-8,13,16H,9-12,14-15H2,1H3,(H,23,24,26). The maximum atomic E-state index is 12.1. The van der Waals surface area contributed by atoms with E-state index in [9.17, 15) is 4.79 Å². The van der Waals surface area contributed by atoms with Gasteiger partial charge in [0, 0.05) is 6.54 Å². The Morgan fingerprint density at radius 2 is 2.00 bits per heavy atom. The number of ether oxygens (including phenoxy) is 1. The average molecular weight is 396 g/mol. The molecule has 0 spiro atoms. The minimum Gasteiger partial charge on any atom is -0.484 e. The van der Waals surface area contributed by atoms with Crippen molar-refractivity contribution < 1.29 is 9.53 Å². The highest BCUT2D eigenvalue weighted by molar-refractivity contribution is 7.22. The van der Waals surface area contributed by atoms with E-state index in [-0.39, 0.29) is 12.5 Å². The first-order chi connectivity index (χ1) is 13.7. The molecule has 2 aromatic carbocycles. The van der Waals surface area contributed by atoms with Gasteiger partial charge in [0.25, 0.3) is 5.91 Å². The molecule has 5 nitrogen and oxygen atoms in total. The fourth-order valence-electron chi connectivity index (χ4n) is 3.42. The zero-order chi connectivity index (χ0) is 19.3. The Morgan fingerprint density at radius 1 is 1.21 bits per heavy atom. The van der Waals surface area contributed by atoms with Crippen molar-refractivity contribution >= 4 is 32.6 Å². The van der Waals surface area contributed by atoms with Crippen molar-refractivity contribution in [2.45, 2.75) is 26.3 Å². The lowest BCUT2D eigenvalue weighted by atomic mass is 9.99. The number of nitrogens with one attached hydrogen (secondary N) is 1. The number of amides is 1. The molecule has 4 rings (SSSR count). The van der Waals surface area contributed by atoms with Crippen LogP contribution >= 0.6 is 11.3 Å². The topological polar surface area (TPSA) is 54.5 Å². The second-order valence-electron chi connectivity index (χ2n) is 7.43. The number of rotatable bonds is 6. The Bertz CT molecular complexity index is 933. The van der Waals surface area contributed by atoms with E-state index in [4.69, 9.17) is 4.74 Å². The Kier molecular flexibility index (Phi) is 5.88. The summed E-state index contributed by atoms with van der Waals surface area (Å²) in [5.41, 5.74) is 2.22. The van der Waals surface area contributed by atoms with Gasteiger partial charge in [-0.3, -0.25) is 15.0 Å². The molecule has 0 radical (unpaired) electrons. The molecular formula is C22H25N3O2S. The molecule has 1 N–H and O–H groups in total. The highest BCUT2D eigenvalue weighted by Crippen LogP contribution is 2.28.